The minimum atomic E-state index is -2.90. The first kappa shape index (κ1) is 10.8. The number of hydrogen-bond donors (Lipinski definition) is 0. The van der Waals surface area contributed by atoms with Crippen LogP contribution in [-0.2, 0) is 0 Å². The van der Waals surface area contributed by atoms with Crippen molar-refractivity contribution in [2.75, 3.05) is 0 Å². The second kappa shape index (κ2) is 3.82. The molecule has 0 aliphatic heterocycles. The Hall–Kier alpha value is -1.32. The fourth-order valence-corrected chi connectivity index (χ4v) is 1.16. The summed E-state index contributed by atoms with van der Waals surface area (Å²) in [7, 11) is 0. The molecule has 0 aliphatic carbocycles. The van der Waals surface area contributed by atoms with Gasteiger partial charge in [0.2, 0.25) is 0 Å². The van der Waals surface area contributed by atoms with Gasteiger partial charge in [0, 0.05) is 5.56 Å². The topological polar surface area (TPSA) is 17.1 Å². The molecule has 0 radical (unpaired) electrons. The van der Waals surface area contributed by atoms with Crippen LogP contribution in [0.1, 0.15) is 34.8 Å². The summed E-state index contributed by atoms with van der Waals surface area (Å²) in [4.78, 5) is 10.9. The molecular weight excluding hydrogens is 193 g/mol. The van der Waals surface area contributed by atoms with Gasteiger partial charge in [0.05, 0.1) is 5.56 Å². The SMILES string of the molecule is CC(=O)c1cc(C)c(F)c(C(F)F)c1. The molecule has 1 rings (SSSR count). The van der Waals surface area contributed by atoms with Crippen LogP contribution in [0.5, 0.6) is 0 Å². The Bertz CT molecular complexity index is 372. The second-order valence-corrected chi connectivity index (χ2v) is 3.05. The summed E-state index contributed by atoms with van der Waals surface area (Å²) in [6.45, 7) is 2.61. The van der Waals surface area contributed by atoms with Crippen molar-refractivity contribution in [3.63, 3.8) is 0 Å². The fourth-order valence-electron chi connectivity index (χ4n) is 1.16. The highest BCUT2D eigenvalue weighted by atomic mass is 19.3. The zero-order chi connectivity index (χ0) is 10.9. The number of hydrogen-bond acceptors (Lipinski definition) is 1. The summed E-state index contributed by atoms with van der Waals surface area (Å²) in [5, 5.41) is 0. The molecule has 0 N–H and O–H groups in total. The van der Waals surface area contributed by atoms with Crippen molar-refractivity contribution < 1.29 is 18.0 Å². The lowest BCUT2D eigenvalue weighted by molar-refractivity contribution is 0.101. The van der Waals surface area contributed by atoms with Crippen LogP contribution in [-0.4, -0.2) is 5.78 Å². The molecule has 76 valence electrons. The van der Waals surface area contributed by atoms with Gasteiger partial charge in [-0.1, -0.05) is 0 Å². The van der Waals surface area contributed by atoms with Crippen LogP contribution in [0.3, 0.4) is 0 Å². The van der Waals surface area contributed by atoms with E-state index in [1.54, 1.807) is 0 Å². The molecule has 0 atom stereocenters. The van der Waals surface area contributed by atoms with Crippen LogP contribution in [0.4, 0.5) is 13.2 Å². The Morgan fingerprint density at radius 2 is 1.93 bits per heavy atom. The van der Waals surface area contributed by atoms with Gasteiger partial charge in [0.25, 0.3) is 6.43 Å². The molecule has 4 heteroatoms. The minimum absolute atomic E-state index is 0.0630. The lowest BCUT2D eigenvalue weighted by atomic mass is 10.0. The molecule has 0 aliphatic rings. The number of carbonyl (C=O) groups excluding carboxylic acids is 1. The van der Waals surface area contributed by atoms with Crippen molar-refractivity contribution in [3.05, 3.63) is 34.6 Å². The highest BCUT2D eigenvalue weighted by molar-refractivity contribution is 5.94. The van der Waals surface area contributed by atoms with E-state index in [2.05, 4.69) is 0 Å². The van der Waals surface area contributed by atoms with Crippen molar-refractivity contribution in [2.24, 2.45) is 0 Å². The summed E-state index contributed by atoms with van der Waals surface area (Å²) < 4.78 is 37.7. The zero-order valence-electron chi connectivity index (χ0n) is 7.77. The second-order valence-electron chi connectivity index (χ2n) is 3.05. The predicted octanol–water partition coefficient (Wildman–Crippen LogP) is 3.27. The molecule has 0 heterocycles. The van der Waals surface area contributed by atoms with E-state index in [1.165, 1.54) is 19.9 Å². The molecule has 0 unspecified atom stereocenters. The van der Waals surface area contributed by atoms with E-state index >= 15 is 0 Å². The smallest absolute Gasteiger partial charge is 0.266 e. The first-order valence-corrected chi connectivity index (χ1v) is 4.02. The highest BCUT2D eigenvalue weighted by Crippen LogP contribution is 2.25. The normalized spacial score (nSPS) is 10.7. The van der Waals surface area contributed by atoms with Crippen LogP contribution >= 0.6 is 0 Å². The number of halogens is 3. The Morgan fingerprint density at radius 3 is 2.36 bits per heavy atom. The van der Waals surface area contributed by atoms with Crippen molar-refractivity contribution in [1.29, 1.82) is 0 Å². The van der Waals surface area contributed by atoms with Crippen molar-refractivity contribution in [2.45, 2.75) is 20.3 Å². The molecule has 0 saturated heterocycles. The highest BCUT2D eigenvalue weighted by Gasteiger charge is 2.17. The maximum absolute atomic E-state index is 13.1. The van der Waals surface area contributed by atoms with Crippen LogP contribution in [0, 0.1) is 12.7 Å². The first-order valence-electron chi connectivity index (χ1n) is 4.02. The van der Waals surface area contributed by atoms with Crippen LogP contribution in [0.2, 0.25) is 0 Å². The van der Waals surface area contributed by atoms with Gasteiger partial charge in [0.1, 0.15) is 5.82 Å². The van der Waals surface area contributed by atoms with Gasteiger partial charge in [-0.25, -0.2) is 13.2 Å². The molecule has 0 amide bonds. The number of Topliss-reactive ketones (excluding diaryl/α,β-unsaturated/α-hetero) is 1. The summed E-state index contributed by atoms with van der Waals surface area (Å²) in [6.07, 6.45) is -2.90. The Balaban J connectivity index is 3.35. The molecule has 0 fully saturated rings. The zero-order valence-corrected chi connectivity index (χ0v) is 7.77. The predicted molar refractivity (Wildman–Crippen MR) is 46.1 cm³/mol. The maximum atomic E-state index is 13.1. The van der Waals surface area contributed by atoms with E-state index in [9.17, 15) is 18.0 Å². The number of benzene rings is 1. The van der Waals surface area contributed by atoms with E-state index in [0.717, 1.165) is 6.07 Å². The van der Waals surface area contributed by atoms with E-state index in [4.69, 9.17) is 0 Å². The fraction of sp³-hybridized carbons (Fsp3) is 0.300. The van der Waals surface area contributed by atoms with Gasteiger partial charge in [-0.15, -0.1) is 0 Å². The van der Waals surface area contributed by atoms with Crippen molar-refractivity contribution >= 4 is 5.78 Å². The summed E-state index contributed by atoms with van der Waals surface area (Å²) in [6, 6.07) is 2.17. The van der Waals surface area contributed by atoms with Crippen LogP contribution in [0.25, 0.3) is 0 Å². The quantitative estimate of drug-likeness (QED) is 0.672. The minimum Gasteiger partial charge on any atom is -0.295 e. The lowest BCUT2D eigenvalue weighted by Gasteiger charge is -2.06. The molecular formula is C10H9F3O. The Kier molecular flexibility index (Phi) is 2.93. The number of rotatable bonds is 2. The standard InChI is InChI=1S/C10H9F3O/c1-5-3-7(6(2)14)4-8(9(5)11)10(12)13/h3-4,10H,1-2H3. The molecule has 0 spiro atoms. The van der Waals surface area contributed by atoms with Crippen LogP contribution in [0.15, 0.2) is 12.1 Å². The molecule has 1 nitrogen and oxygen atoms in total. The van der Waals surface area contributed by atoms with Gasteiger partial charge in [0.15, 0.2) is 5.78 Å². The number of carbonyl (C=O) groups is 1. The molecule has 14 heavy (non-hydrogen) atoms. The van der Waals surface area contributed by atoms with Gasteiger partial charge in [-0.05, 0) is 31.5 Å². The van der Waals surface area contributed by atoms with Crippen LogP contribution < -0.4 is 0 Å². The molecule has 1 aromatic rings. The maximum Gasteiger partial charge on any atom is 0.266 e. The monoisotopic (exact) mass is 202 g/mol. The van der Waals surface area contributed by atoms with Gasteiger partial charge < -0.3 is 0 Å². The Morgan fingerprint density at radius 1 is 1.36 bits per heavy atom. The first-order chi connectivity index (χ1) is 6.43. The number of ketones is 1. The number of alkyl halides is 2. The third-order valence-electron chi connectivity index (χ3n) is 1.92. The molecule has 1 aromatic carbocycles. The molecule has 0 aromatic heterocycles. The largest absolute Gasteiger partial charge is 0.295 e. The third kappa shape index (κ3) is 1.95. The van der Waals surface area contributed by atoms with E-state index in [1.807, 2.05) is 0 Å². The van der Waals surface area contributed by atoms with E-state index in [-0.39, 0.29) is 16.9 Å². The van der Waals surface area contributed by atoms with Gasteiger partial charge in [-0.3, -0.25) is 4.79 Å². The summed E-state index contributed by atoms with van der Waals surface area (Å²) in [5.74, 6) is -1.29. The van der Waals surface area contributed by atoms with E-state index < -0.39 is 17.8 Å². The number of aryl methyl sites for hydroxylation is 1. The van der Waals surface area contributed by atoms with E-state index in [0.29, 0.717) is 0 Å². The van der Waals surface area contributed by atoms with Crippen molar-refractivity contribution in [3.8, 4) is 0 Å². The van der Waals surface area contributed by atoms with Crippen molar-refractivity contribution in [1.82, 2.24) is 0 Å². The van der Waals surface area contributed by atoms with Gasteiger partial charge in [-0.2, -0.15) is 0 Å². The molecule has 0 saturated carbocycles. The lowest BCUT2D eigenvalue weighted by Crippen LogP contribution is -2.00. The average molecular weight is 202 g/mol. The Labute approximate surface area is 79.5 Å². The summed E-state index contributed by atoms with van der Waals surface area (Å²) >= 11 is 0. The average Bonchev–Trinajstić information content (AvgIpc) is 2.08. The molecule has 0 bridgehead atoms. The van der Waals surface area contributed by atoms with Gasteiger partial charge >= 0.3 is 0 Å². The third-order valence-corrected chi connectivity index (χ3v) is 1.92. The summed E-state index contributed by atoms with van der Waals surface area (Å²) in [5.41, 5.74) is -0.539.